The average molecular weight is 237 g/mol. The van der Waals surface area contributed by atoms with Crippen LogP contribution >= 0.6 is 11.8 Å². The maximum Gasteiger partial charge on any atom is 0.223 e. The average Bonchev–Trinajstić information content (AvgIpc) is 2.68. The highest BCUT2D eigenvalue weighted by Crippen LogP contribution is 2.23. The van der Waals surface area contributed by atoms with Crippen molar-refractivity contribution in [1.29, 1.82) is 0 Å². The van der Waals surface area contributed by atoms with Gasteiger partial charge in [-0.15, -0.1) is 11.8 Å². The Bertz CT molecular complexity index is 493. The Kier molecular flexibility index (Phi) is 3.28. The van der Waals surface area contributed by atoms with Gasteiger partial charge in [-0.3, -0.25) is 0 Å². The van der Waals surface area contributed by atoms with Crippen LogP contribution in [0.25, 0.3) is 11.2 Å². The molecule has 0 spiro atoms. The normalized spacial score (nSPS) is 11.1. The first-order valence-electron chi connectivity index (χ1n) is 5.28. The molecular formula is C10H15N5S. The molecule has 5 nitrogen and oxygen atoms in total. The van der Waals surface area contributed by atoms with E-state index in [9.17, 15) is 0 Å². The number of imidazole rings is 1. The molecule has 2 rings (SSSR count). The lowest BCUT2D eigenvalue weighted by Gasteiger charge is -2.05. The molecule has 0 aromatic carbocycles. The number of anilines is 1. The number of nitrogen functional groups attached to an aromatic ring is 1. The van der Waals surface area contributed by atoms with Gasteiger partial charge in [-0.05, 0) is 12.7 Å². The molecule has 2 aromatic heterocycles. The Balaban J connectivity index is 2.51. The van der Waals surface area contributed by atoms with Crippen molar-refractivity contribution in [3.05, 3.63) is 6.33 Å². The Hall–Kier alpha value is -1.30. The highest BCUT2D eigenvalue weighted by Gasteiger charge is 2.11. The first kappa shape index (κ1) is 11.2. The van der Waals surface area contributed by atoms with Crippen LogP contribution in [0.3, 0.4) is 0 Å². The number of aromatic nitrogens is 4. The summed E-state index contributed by atoms with van der Waals surface area (Å²) in [5.74, 6) is 0.289. The molecule has 0 aliphatic rings. The third kappa shape index (κ3) is 1.97. The molecule has 0 saturated carbocycles. The maximum atomic E-state index is 5.62. The lowest BCUT2D eigenvalue weighted by Crippen LogP contribution is -2.01. The van der Waals surface area contributed by atoms with Gasteiger partial charge < -0.3 is 10.3 Å². The van der Waals surface area contributed by atoms with E-state index in [4.69, 9.17) is 5.73 Å². The molecular weight excluding hydrogens is 222 g/mol. The molecule has 2 N–H and O–H groups in total. The summed E-state index contributed by atoms with van der Waals surface area (Å²) in [5, 5.41) is 0.899. The van der Waals surface area contributed by atoms with Gasteiger partial charge in [0.1, 0.15) is 10.5 Å². The van der Waals surface area contributed by atoms with Crippen molar-refractivity contribution >= 4 is 28.9 Å². The molecule has 0 amide bonds. The summed E-state index contributed by atoms with van der Waals surface area (Å²) in [5.41, 5.74) is 7.31. The summed E-state index contributed by atoms with van der Waals surface area (Å²) in [4.78, 5) is 12.6. The third-order valence-corrected chi connectivity index (χ3v) is 3.07. The van der Waals surface area contributed by atoms with Crippen molar-refractivity contribution in [3.63, 3.8) is 0 Å². The van der Waals surface area contributed by atoms with Crippen LogP contribution in [0.15, 0.2) is 11.4 Å². The summed E-state index contributed by atoms with van der Waals surface area (Å²) < 4.78 is 2.10. The van der Waals surface area contributed by atoms with Crippen molar-refractivity contribution in [2.45, 2.75) is 31.3 Å². The Morgan fingerprint density at radius 2 is 2.25 bits per heavy atom. The van der Waals surface area contributed by atoms with E-state index in [-0.39, 0.29) is 5.95 Å². The predicted octanol–water partition coefficient (Wildman–Crippen LogP) is 1.93. The molecule has 0 unspecified atom stereocenters. The van der Waals surface area contributed by atoms with Crippen LogP contribution in [0.5, 0.6) is 0 Å². The van der Waals surface area contributed by atoms with E-state index < -0.39 is 0 Å². The van der Waals surface area contributed by atoms with Gasteiger partial charge in [0.15, 0.2) is 5.65 Å². The van der Waals surface area contributed by atoms with Gasteiger partial charge >= 0.3 is 0 Å². The monoisotopic (exact) mass is 237 g/mol. The molecule has 86 valence electrons. The third-order valence-electron chi connectivity index (χ3n) is 2.40. The SMILES string of the molecule is CCCCn1cnc2nc(N)nc(SC)c21. The van der Waals surface area contributed by atoms with Crippen LogP contribution in [0.2, 0.25) is 0 Å². The molecule has 0 aliphatic carbocycles. The summed E-state index contributed by atoms with van der Waals surface area (Å²) in [7, 11) is 0. The second-order valence-electron chi connectivity index (χ2n) is 3.55. The van der Waals surface area contributed by atoms with Gasteiger partial charge in [0, 0.05) is 6.54 Å². The van der Waals surface area contributed by atoms with E-state index in [1.165, 1.54) is 0 Å². The van der Waals surface area contributed by atoms with Crippen LogP contribution in [0.1, 0.15) is 19.8 Å². The highest BCUT2D eigenvalue weighted by atomic mass is 32.2. The van der Waals surface area contributed by atoms with Gasteiger partial charge in [-0.25, -0.2) is 9.97 Å². The van der Waals surface area contributed by atoms with Crippen LogP contribution in [0.4, 0.5) is 5.95 Å². The molecule has 16 heavy (non-hydrogen) atoms. The van der Waals surface area contributed by atoms with Gasteiger partial charge in [0.05, 0.1) is 6.33 Å². The molecule has 0 aliphatic heterocycles. The number of nitrogens with zero attached hydrogens (tertiary/aromatic N) is 4. The summed E-state index contributed by atoms with van der Waals surface area (Å²) in [6.07, 6.45) is 6.08. The minimum Gasteiger partial charge on any atom is -0.368 e. The zero-order valence-corrected chi connectivity index (χ0v) is 10.3. The second-order valence-corrected chi connectivity index (χ2v) is 4.35. The fourth-order valence-electron chi connectivity index (χ4n) is 1.60. The van der Waals surface area contributed by atoms with Crippen LogP contribution in [-0.2, 0) is 6.54 Å². The van der Waals surface area contributed by atoms with Crippen molar-refractivity contribution in [2.75, 3.05) is 12.0 Å². The van der Waals surface area contributed by atoms with Crippen molar-refractivity contribution in [2.24, 2.45) is 0 Å². The van der Waals surface area contributed by atoms with Crippen LogP contribution < -0.4 is 5.73 Å². The number of hydrogen-bond acceptors (Lipinski definition) is 5. The standard InChI is InChI=1S/C10H15N5S/c1-3-4-5-15-6-12-8-7(15)9(16-2)14-10(11)13-8/h6H,3-5H2,1-2H3,(H2,11,13,14). The molecule has 2 heterocycles. The van der Waals surface area contributed by atoms with E-state index in [0.717, 1.165) is 29.9 Å². The fourth-order valence-corrected chi connectivity index (χ4v) is 2.19. The van der Waals surface area contributed by atoms with E-state index in [2.05, 4.69) is 26.4 Å². The van der Waals surface area contributed by atoms with Crippen molar-refractivity contribution < 1.29 is 0 Å². The summed E-state index contributed by atoms with van der Waals surface area (Å²) in [6.45, 7) is 3.12. The Labute approximate surface area is 98.5 Å². The molecule has 0 saturated heterocycles. The number of fused-ring (bicyclic) bond motifs is 1. The zero-order chi connectivity index (χ0) is 11.5. The number of aryl methyl sites for hydroxylation is 1. The van der Waals surface area contributed by atoms with Crippen molar-refractivity contribution in [3.8, 4) is 0 Å². The summed E-state index contributed by atoms with van der Waals surface area (Å²) in [6, 6.07) is 0. The summed E-state index contributed by atoms with van der Waals surface area (Å²) >= 11 is 1.57. The van der Waals surface area contributed by atoms with E-state index in [1.54, 1.807) is 11.8 Å². The predicted molar refractivity (Wildman–Crippen MR) is 66.4 cm³/mol. The van der Waals surface area contributed by atoms with Gasteiger partial charge in [-0.1, -0.05) is 13.3 Å². The van der Waals surface area contributed by atoms with Gasteiger partial charge in [0.2, 0.25) is 5.95 Å². The molecule has 0 fully saturated rings. The minimum absolute atomic E-state index is 0.289. The first-order valence-corrected chi connectivity index (χ1v) is 6.51. The fraction of sp³-hybridized carbons (Fsp3) is 0.500. The topological polar surface area (TPSA) is 69.6 Å². The molecule has 6 heteroatoms. The lowest BCUT2D eigenvalue weighted by molar-refractivity contribution is 0.642. The quantitative estimate of drug-likeness (QED) is 0.650. The first-order chi connectivity index (χ1) is 7.76. The molecule has 0 bridgehead atoms. The van der Waals surface area contributed by atoms with Crippen molar-refractivity contribution in [1.82, 2.24) is 19.5 Å². The number of thioether (sulfide) groups is 1. The Morgan fingerprint density at radius 3 is 2.94 bits per heavy atom. The van der Waals surface area contributed by atoms with Gasteiger partial charge in [0.25, 0.3) is 0 Å². The maximum absolute atomic E-state index is 5.62. The smallest absolute Gasteiger partial charge is 0.223 e. The van der Waals surface area contributed by atoms with Crippen LogP contribution in [0, 0.1) is 0 Å². The number of unbranched alkanes of at least 4 members (excludes halogenated alkanes) is 1. The number of rotatable bonds is 4. The number of nitrogens with two attached hydrogens (primary N) is 1. The largest absolute Gasteiger partial charge is 0.368 e. The molecule has 0 atom stereocenters. The molecule has 0 radical (unpaired) electrons. The number of hydrogen-bond donors (Lipinski definition) is 1. The van der Waals surface area contributed by atoms with E-state index in [0.29, 0.717) is 5.65 Å². The Morgan fingerprint density at radius 1 is 1.44 bits per heavy atom. The minimum atomic E-state index is 0.289. The van der Waals surface area contributed by atoms with E-state index >= 15 is 0 Å². The van der Waals surface area contributed by atoms with Crippen LogP contribution in [-0.4, -0.2) is 25.8 Å². The molecule has 2 aromatic rings. The second kappa shape index (κ2) is 4.69. The zero-order valence-electron chi connectivity index (χ0n) is 9.47. The van der Waals surface area contributed by atoms with Gasteiger partial charge in [-0.2, -0.15) is 4.98 Å². The van der Waals surface area contributed by atoms with E-state index in [1.807, 2.05) is 12.6 Å². The lowest BCUT2D eigenvalue weighted by atomic mass is 10.3. The highest BCUT2D eigenvalue weighted by molar-refractivity contribution is 7.98.